The minimum absolute atomic E-state index is 0.491. The van der Waals surface area contributed by atoms with Gasteiger partial charge in [0, 0.05) is 24.7 Å². The second kappa shape index (κ2) is 6.17. The van der Waals surface area contributed by atoms with Gasteiger partial charge < -0.3 is 15.0 Å². The molecule has 2 fully saturated rings. The van der Waals surface area contributed by atoms with E-state index in [1.54, 1.807) is 0 Å². The number of rotatable bonds is 3. The summed E-state index contributed by atoms with van der Waals surface area (Å²) in [5.74, 6) is 0. The Hall–Kier alpha value is -0.120. The molecule has 2 aliphatic heterocycles. The lowest BCUT2D eigenvalue weighted by Crippen LogP contribution is -2.50. The first-order valence-electron chi connectivity index (χ1n) is 7.27. The molecule has 0 aromatic heterocycles. The van der Waals surface area contributed by atoms with E-state index in [4.69, 9.17) is 4.74 Å². The zero-order chi connectivity index (χ0) is 12.3. The lowest BCUT2D eigenvalue weighted by Gasteiger charge is -2.39. The molecule has 2 aliphatic rings. The molecule has 4 unspecified atom stereocenters. The molecule has 2 heterocycles. The van der Waals surface area contributed by atoms with E-state index in [0.717, 1.165) is 25.1 Å². The van der Waals surface area contributed by atoms with Crippen molar-refractivity contribution in [3.8, 4) is 0 Å². The van der Waals surface area contributed by atoms with Crippen LogP contribution in [0.25, 0.3) is 0 Å². The van der Waals surface area contributed by atoms with Crippen molar-refractivity contribution in [2.24, 2.45) is 0 Å². The Labute approximate surface area is 106 Å². The first-order valence-corrected chi connectivity index (χ1v) is 7.27. The lowest BCUT2D eigenvalue weighted by atomic mass is 9.95. The molecule has 4 atom stereocenters. The van der Waals surface area contributed by atoms with Gasteiger partial charge in [-0.15, -0.1) is 0 Å². The predicted octanol–water partition coefficient (Wildman–Crippen LogP) is 2.02. The first-order chi connectivity index (χ1) is 8.19. The van der Waals surface area contributed by atoms with Gasteiger partial charge in [0.05, 0.1) is 6.10 Å². The largest absolute Gasteiger partial charge is 0.378 e. The van der Waals surface area contributed by atoms with E-state index in [1.807, 2.05) is 0 Å². The smallest absolute Gasteiger partial charge is 0.0587 e. The van der Waals surface area contributed by atoms with E-state index < -0.39 is 0 Å². The third-order valence-corrected chi connectivity index (χ3v) is 4.50. The Morgan fingerprint density at radius 1 is 1.24 bits per heavy atom. The average molecular weight is 240 g/mol. The van der Waals surface area contributed by atoms with Gasteiger partial charge in [-0.25, -0.2) is 0 Å². The zero-order valence-corrected chi connectivity index (χ0v) is 11.6. The molecule has 100 valence electrons. The molecule has 1 N–H and O–H groups in total. The normalized spacial score (nSPS) is 40.4. The van der Waals surface area contributed by atoms with E-state index in [2.05, 4.69) is 31.1 Å². The van der Waals surface area contributed by atoms with Crippen LogP contribution in [-0.4, -0.2) is 49.3 Å². The van der Waals surface area contributed by atoms with Crippen LogP contribution in [0.1, 0.15) is 46.0 Å². The summed E-state index contributed by atoms with van der Waals surface area (Å²) >= 11 is 0. The maximum atomic E-state index is 5.74. The Morgan fingerprint density at radius 2 is 2.00 bits per heavy atom. The second-order valence-corrected chi connectivity index (χ2v) is 5.84. The molecule has 0 aliphatic carbocycles. The van der Waals surface area contributed by atoms with Gasteiger partial charge in [-0.05, 0) is 52.6 Å². The maximum absolute atomic E-state index is 5.74. The average Bonchev–Trinajstić information content (AvgIpc) is 2.34. The van der Waals surface area contributed by atoms with Crippen molar-refractivity contribution in [3.05, 3.63) is 0 Å². The van der Waals surface area contributed by atoms with E-state index in [9.17, 15) is 0 Å². The third kappa shape index (κ3) is 3.67. The fourth-order valence-corrected chi connectivity index (χ4v) is 3.09. The molecule has 0 aromatic rings. The molecule has 0 saturated carbocycles. The Morgan fingerprint density at radius 3 is 2.71 bits per heavy atom. The van der Waals surface area contributed by atoms with Crippen LogP contribution in [0.2, 0.25) is 0 Å². The summed E-state index contributed by atoms with van der Waals surface area (Å²) in [5.41, 5.74) is 0. The highest BCUT2D eigenvalue weighted by atomic mass is 16.5. The van der Waals surface area contributed by atoms with Crippen molar-refractivity contribution in [2.75, 3.05) is 20.2 Å². The summed E-state index contributed by atoms with van der Waals surface area (Å²) in [4.78, 5) is 2.47. The summed E-state index contributed by atoms with van der Waals surface area (Å²) < 4.78 is 5.74. The van der Waals surface area contributed by atoms with Crippen molar-refractivity contribution < 1.29 is 4.74 Å². The minimum atomic E-state index is 0.491. The molecule has 17 heavy (non-hydrogen) atoms. The van der Waals surface area contributed by atoms with Crippen molar-refractivity contribution in [1.29, 1.82) is 0 Å². The molecule has 3 heteroatoms. The summed E-state index contributed by atoms with van der Waals surface area (Å²) in [6, 6.07) is 2.14. The monoisotopic (exact) mass is 240 g/mol. The number of ether oxygens (including phenoxy) is 1. The van der Waals surface area contributed by atoms with Crippen molar-refractivity contribution in [3.63, 3.8) is 0 Å². The summed E-state index contributed by atoms with van der Waals surface area (Å²) in [6.07, 6.45) is 6.64. The summed E-state index contributed by atoms with van der Waals surface area (Å²) in [7, 11) is 2.24. The van der Waals surface area contributed by atoms with Crippen LogP contribution < -0.4 is 5.32 Å². The third-order valence-electron chi connectivity index (χ3n) is 4.50. The predicted molar refractivity (Wildman–Crippen MR) is 71.3 cm³/mol. The number of nitrogens with zero attached hydrogens (tertiary/aromatic N) is 1. The fourth-order valence-electron chi connectivity index (χ4n) is 3.09. The quantitative estimate of drug-likeness (QED) is 0.817. The van der Waals surface area contributed by atoms with Crippen LogP contribution in [-0.2, 0) is 4.74 Å². The van der Waals surface area contributed by atoms with Crippen LogP contribution in [0.15, 0.2) is 0 Å². The van der Waals surface area contributed by atoms with E-state index >= 15 is 0 Å². The molecule has 0 amide bonds. The van der Waals surface area contributed by atoms with Crippen molar-refractivity contribution in [2.45, 2.75) is 70.2 Å². The van der Waals surface area contributed by atoms with E-state index in [1.165, 1.54) is 32.2 Å². The number of hydrogen-bond donors (Lipinski definition) is 1. The van der Waals surface area contributed by atoms with E-state index in [-0.39, 0.29) is 0 Å². The van der Waals surface area contributed by atoms with Gasteiger partial charge in [0.15, 0.2) is 0 Å². The number of likely N-dealkylation sites (tertiary alicyclic amines) is 1. The Kier molecular flexibility index (Phi) is 4.83. The van der Waals surface area contributed by atoms with Gasteiger partial charge >= 0.3 is 0 Å². The molecule has 2 rings (SSSR count). The van der Waals surface area contributed by atoms with Crippen molar-refractivity contribution >= 4 is 0 Å². The van der Waals surface area contributed by atoms with Gasteiger partial charge in [-0.1, -0.05) is 6.92 Å². The van der Waals surface area contributed by atoms with Gasteiger partial charge in [-0.2, -0.15) is 0 Å². The van der Waals surface area contributed by atoms with Crippen LogP contribution in [0.3, 0.4) is 0 Å². The highest BCUT2D eigenvalue weighted by Crippen LogP contribution is 2.20. The molecular weight excluding hydrogens is 212 g/mol. The maximum Gasteiger partial charge on any atom is 0.0587 e. The highest BCUT2D eigenvalue weighted by Gasteiger charge is 2.27. The van der Waals surface area contributed by atoms with E-state index in [0.29, 0.717) is 12.1 Å². The lowest BCUT2D eigenvalue weighted by molar-refractivity contribution is -0.00407. The van der Waals surface area contributed by atoms with Crippen molar-refractivity contribution in [1.82, 2.24) is 10.2 Å². The van der Waals surface area contributed by atoms with Gasteiger partial charge in [0.25, 0.3) is 0 Å². The van der Waals surface area contributed by atoms with Crippen LogP contribution in [0.4, 0.5) is 0 Å². The number of hydrogen-bond acceptors (Lipinski definition) is 3. The number of nitrogens with one attached hydrogen (secondary N) is 1. The molecule has 3 nitrogen and oxygen atoms in total. The summed E-state index contributed by atoms with van der Waals surface area (Å²) in [6.45, 7) is 6.75. The topological polar surface area (TPSA) is 24.5 Å². The molecule has 0 radical (unpaired) electrons. The van der Waals surface area contributed by atoms with Gasteiger partial charge in [-0.3, -0.25) is 0 Å². The molecule has 2 saturated heterocycles. The highest BCUT2D eigenvalue weighted by molar-refractivity contribution is 4.85. The Bertz CT molecular complexity index is 230. The fraction of sp³-hybridized carbons (Fsp3) is 1.00. The zero-order valence-electron chi connectivity index (χ0n) is 11.6. The SMILES string of the molecule is CCC1CC(NC2CCN(C)C(C)C2)CCO1. The molecule has 0 spiro atoms. The summed E-state index contributed by atoms with van der Waals surface area (Å²) in [5, 5.41) is 3.87. The van der Waals surface area contributed by atoms with Gasteiger partial charge in [0.1, 0.15) is 0 Å². The van der Waals surface area contributed by atoms with Crippen LogP contribution in [0.5, 0.6) is 0 Å². The Balaban J connectivity index is 1.76. The molecular formula is C14H28N2O. The second-order valence-electron chi connectivity index (χ2n) is 5.84. The molecule has 0 aromatic carbocycles. The minimum Gasteiger partial charge on any atom is -0.378 e. The standard InChI is InChI=1S/C14H28N2O/c1-4-14-10-13(6-8-17-14)15-12-5-7-16(3)11(2)9-12/h11-15H,4-10H2,1-3H3. The number of piperidine rings is 1. The first kappa shape index (κ1) is 13.3. The van der Waals surface area contributed by atoms with Gasteiger partial charge in [0.2, 0.25) is 0 Å². The molecule has 0 bridgehead atoms. The van der Waals surface area contributed by atoms with Crippen LogP contribution in [0, 0.1) is 0 Å². The van der Waals surface area contributed by atoms with Crippen LogP contribution >= 0.6 is 0 Å².